The number of rotatable bonds is 6. The number of para-hydroxylation sites is 2. The molecule has 0 aliphatic heterocycles. The van der Waals surface area contributed by atoms with Gasteiger partial charge in [0.15, 0.2) is 0 Å². The van der Waals surface area contributed by atoms with Gasteiger partial charge in [-0.25, -0.2) is 4.79 Å². The number of aromatic nitrogens is 4. The van der Waals surface area contributed by atoms with E-state index in [1.54, 1.807) is 9.13 Å². The van der Waals surface area contributed by atoms with Crippen LogP contribution in [-0.2, 0) is 13.6 Å². The predicted octanol–water partition coefficient (Wildman–Crippen LogP) is 3.81. The number of nitrogens with zero attached hydrogens (tertiary/aromatic N) is 4. The maximum Gasteiger partial charge on any atom is 0.337 e. The van der Waals surface area contributed by atoms with E-state index in [2.05, 4.69) is 39.6 Å². The fourth-order valence-electron chi connectivity index (χ4n) is 4.29. The van der Waals surface area contributed by atoms with E-state index in [-0.39, 0.29) is 5.69 Å². The van der Waals surface area contributed by atoms with Crippen LogP contribution in [-0.4, -0.2) is 24.8 Å². The van der Waals surface area contributed by atoms with Crippen LogP contribution in [0.3, 0.4) is 0 Å². The molecule has 0 aliphatic rings. The van der Waals surface area contributed by atoms with Crippen molar-refractivity contribution in [3.8, 4) is 11.4 Å². The van der Waals surface area contributed by atoms with E-state index >= 15 is 0 Å². The Morgan fingerprint density at radius 2 is 1.40 bits per heavy atom. The zero-order valence-corrected chi connectivity index (χ0v) is 17.0. The second-order valence-electron chi connectivity index (χ2n) is 7.68. The molecule has 152 valence electrons. The summed E-state index contributed by atoms with van der Waals surface area (Å²) in [4.78, 5) is 13.4. The van der Waals surface area contributed by atoms with Crippen molar-refractivity contribution in [3.63, 3.8) is 0 Å². The number of hydrogen-bond donors (Lipinski definition) is 1. The first kappa shape index (κ1) is 18.5. The fraction of sp³-hybridized carbons (Fsp3) is 0.208. The number of unbranched alkanes of at least 4 members (excludes halogenated alkanes) is 1. The van der Waals surface area contributed by atoms with Crippen molar-refractivity contribution in [1.82, 2.24) is 18.3 Å². The minimum Gasteiger partial charge on any atom is -0.348 e. The van der Waals surface area contributed by atoms with Gasteiger partial charge in [0, 0.05) is 54.7 Å². The monoisotopic (exact) mass is 399 g/mol. The van der Waals surface area contributed by atoms with Gasteiger partial charge in [0.25, 0.3) is 0 Å². The van der Waals surface area contributed by atoms with E-state index in [9.17, 15) is 4.79 Å². The zero-order chi connectivity index (χ0) is 20.7. The molecule has 3 aromatic heterocycles. The lowest BCUT2D eigenvalue weighted by atomic mass is 10.2. The summed E-state index contributed by atoms with van der Waals surface area (Å²) in [6.45, 7) is 1.58. The third-order valence-electron chi connectivity index (χ3n) is 5.79. The Morgan fingerprint density at radius 3 is 2.10 bits per heavy atom. The van der Waals surface area contributed by atoms with Crippen molar-refractivity contribution >= 4 is 21.8 Å². The summed E-state index contributed by atoms with van der Waals surface area (Å²) >= 11 is 0. The van der Waals surface area contributed by atoms with Crippen molar-refractivity contribution in [1.29, 1.82) is 0 Å². The van der Waals surface area contributed by atoms with Crippen molar-refractivity contribution in [2.45, 2.75) is 19.4 Å². The molecule has 30 heavy (non-hydrogen) atoms. The van der Waals surface area contributed by atoms with Gasteiger partial charge >= 0.3 is 5.69 Å². The number of fused-ring (bicyclic) bond motifs is 2. The maximum absolute atomic E-state index is 13.4. The lowest BCUT2D eigenvalue weighted by molar-refractivity contribution is 0.629. The van der Waals surface area contributed by atoms with Crippen LogP contribution in [0.5, 0.6) is 0 Å². The van der Waals surface area contributed by atoms with Gasteiger partial charge in [-0.15, -0.1) is 0 Å². The van der Waals surface area contributed by atoms with Crippen LogP contribution in [0.15, 0.2) is 78.1 Å². The van der Waals surface area contributed by atoms with E-state index in [4.69, 9.17) is 5.73 Å². The SMILES string of the molecule is Cn1cc(-n2ccn(-c3cn(CCCCN)c4ccccc34)c2=O)c2ccccc21. The smallest absolute Gasteiger partial charge is 0.337 e. The Kier molecular flexibility index (Phi) is 4.56. The molecule has 0 spiro atoms. The lowest BCUT2D eigenvalue weighted by Crippen LogP contribution is -2.21. The molecule has 6 heteroatoms. The molecule has 0 radical (unpaired) electrons. The van der Waals surface area contributed by atoms with Gasteiger partial charge < -0.3 is 14.9 Å². The average molecular weight is 399 g/mol. The van der Waals surface area contributed by atoms with Crippen molar-refractivity contribution in [2.24, 2.45) is 12.8 Å². The van der Waals surface area contributed by atoms with Crippen LogP contribution in [0.2, 0.25) is 0 Å². The number of imidazole rings is 1. The lowest BCUT2D eigenvalue weighted by Gasteiger charge is -2.03. The molecule has 0 atom stereocenters. The molecular formula is C24H25N5O. The molecule has 2 aromatic carbocycles. The third-order valence-corrected chi connectivity index (χ3v) is 5.79. The Morgan fingerprint density at radius 1 is 0.800 bits per heavy atom. The van der Waals surface area contributed by atoms with Gasteiger partial charge in [-0.05, 0) is 31.5 Å². The van der Waals surface area contributed by atoms with Crippen LogP contribution in [0.25, 0.3) is 33.2 Å². The number of nitrogens with two attached hydrogens (primary N) is 1. The molecule has 2 N–H and O–H groups in total. The summed E-state index contributed by atoms with van der Waals surface area (Å²) in [5.74, 6) is 0. The standard InChI is InChI=1S/C24H25N5O/c1-26-16-22(18-8-2-4-10-20(18)26)28-14-15-29(24(28)30)23-17-27(13-7-6-12-25)21-11-5-3-9-19(21)23/h2-5,8-11,14-17H,6-7,12-13,25H2,1H3. The van der Waals surface area contributed by atoms with Crippen LogP contribution in [0.4, 0.5) is 0 Å². The van der Waals surface area contributed by atoms with Gasteiger partial charge in [0.05, 0.1) is 16.9 Å². The predicted molar refractivity (Wildman–Crippen MR) is 122 cm³/mol. The highest BCUT2D eigenvalue weighted by molar-refractivity contribution is 5.90. The highest BCUT2D eigenvalue weighted by Crippen LogP contribution is 2.26. The summed E-state index contributed by atoms with van der Waals surface area (Å²) in [6, 6.07) is 16.4. The summed E-state index contributed by atoms with van der Waals surface area (Å²) in [5, 5.41) is 2.13. The van der Waals surface area contributed by atoms with Gasteiger partial charge in [-0.3, -0.25) is 9.13 Å². The third kappa shape index (κ3) is 2.88. The fourth-order valence-corrected chi connectivity index (χ4v) is 4.29. The van der Waals surface area contributed by atoms with Crippen LogP contribution < -0.4 is 11.4 Å². The average Bonchev–Trinajstić information content (AvgIpc) is 3.42. The number of hydrogen-bond acceptors (Lipinski definition) is 2. The topological polar surface area (TPSA) is 62.8 Å². The van der Waals surface area contributed by atoms with Gasteiger partial charge in [-0.1, -0.05) is 36.4 Å². The summed E-state index contributed by atoms with van der Waals surface area (Å²) in [6.07, 6.45) is 9.79. The Balaban J connectivity index is 1.64. The molecule has 0 unspecified atom stereocenters. The van der Waals surface area contributed by atoms with Crippen LogP contribution in [0, 0.1) is 0 Å². The van der Waals surface area contributed by atoms with Crippen molar-refractivity contribution < 1.29 is 0 Å². The number of aryl methyl sites for hydroxylation is 2. The van der Waals surface area contributed by atoms with E-state index in [1.165, 1.54) is 0 Å². The highest BCUT2D eigenvalue weighted by atomic mass is 16.1. The minimum absolute atomic E-state index is 0.0729. The van der Waals surface area contributed by atoms with E-state index in [1.807, 2.05) is 49.9 Å². The second kappa shape index (κ2) is 7.39. The molecule has 3 heterocycles. The van der Waals surface area contributed by atoms with E-state index in [0.29, 0.717) is 6.54 Å². The quantitative estimate of drug-likeness (QED) is 0.441. The molecule has 0 saturated carbocycles. The first-order valence-corrected chi connectivity index (χ1v) is 10.3. The van der Waals surface area contributed by atoms with E-state index in [0.717, 1.165) is 52.6 Å². The van der Waals surface area contributed by atoms with Crippen molar-refractivity contribution in [3.05, 3.63) is 83.8 Å². The Bertz CT molecular complexity index is 1400. The normalized spacial score (nSPS) is 11.7. The van der Waals surface area contributed by atoms with Gasteiger partial charge in [0.1, 0.15) is 0 Å². The zero-order valence-electron chi connectivity index (χ0n) is 17.0. The molecule has 0 aliphatic carbocycles. The molecule has 0 fully saturated rings. The molecule has 0 saturated heterocycles. The molecule has 0 amide bonds. The van der Waals surface area contributed by atoms with Crippen LogP contribution >= 0.6 is 0 Å². The first-order chi connectivity index (χ1) is 14.7. The van der Waals surface area contributed by atoms with Crippen molar-refractivity contribution in [2.75, 3.05) is 6.54 Å². The van der Waals surface area contributed by atoms with E-state index < -0.39 is 0 Å². The Hall–Kier alpha value is -3.51. The summed E-state index contributed by atoms with van der Waals surface area (Å²) in [5.41, 5.74) is 9.62. The van der Waals surface area contributed by atoms with Gasteiger partial charge in [-0.2, -0.15) is 0 Å². The summed E-state index contributed by atoms with van der Waals surface area (Å²) < 4.78 is 7.74. The Labute approximate surface area is 174 Å². The molecule has 5 rings (SSSR count). The molecule has 0 bridgehead atoms. The largest absolute Gasteiger partial charge is 0.348 e. The molecular weight excluding hydrogens is 374 g/mol. The summed E-state index contributed by atoms with van der Waals surface area (Å²) in [7, 11) is 2.00. The minimum atomic E-state index is -0.0729. The molecule has 6 nitrogen and oxygen atoms in total. The van der Waals surface area contributed by atoms with Crippen LogP contribution in [0.1, 0.15) is 12.8 Å². The maximum atomic E-state index is 13.4. The number of benzene rings is 2. The van der Waals surface area contributed by atoms with Gasteiger partial charge in [0.2, 0.25) is 0 Å². The second-order valence-corrected chi connectivity index (χ2v) is 7.68. The highest BCUT2D eigenvalue weighted by Gasteiger charge is 2.16. The first-order valence-electron chi connectivity index (χ1n) is 10.3. The molecule has 5 aromatic rings.